The van der Waals surface area contributed by atoms with Gasteiger partial charge in [0.05, 0.1) is 11.6 Å². The Bertz CT molecular complexity index is 291. The highest BCUT2D eigenvalue weighted by Gasteiger charge is 2.01. The standard InChI is InChI=1S/C10H12BrClO2/c1-13-5-2-6-14-10-7-8(11)3-4-9(10)12/h3-4,7H,2,5-6H2,1H3. The van der Waals surface area contributed by atoms with Gasteiger partial charge in [-0.25, -0.2) is 0 Å². The van der Waals surface area contributed by atoms with Gasteiger partial charge in [0.1, 0.15) is 5.75 Å². The van der Waals surface area contributed by atoms with Crippen molar-refractivity contribution in [1.29, 1.82) is 0 Å². The van der Waals surface area contributed by atoms with Crippen molar-refractivity contribution in [3.8, 4) is 5.75 Å². The first-order valence-electron chi connectivity index (χ1n) is 4.31. The highest BCUT2D eigenvalue weighted by Crippen LogP contribution is 2.27. The van der Waals surface area contributed by atoms with Gasteiger partial charge in [-0.15, -0.1) is 0 Å². The fourth-order valence-corrected chi connectivity index (χ4v) is 1.49. The van der Waals surface area contributed by atoms with Gasteiger partial charge >= 0.3 is 0 Å². The first-order chi connectivity index (χ1) is 6.74. The van der Waals surface area contributed by atoms with Crippen LogP contribution in [0.5, 0.6) is 5.75 Å². The molecule has 78 valence electrons. The Morgan fingerprint density at radius 2 is 2.14 bits per heavy atom. The Balaban J connectivity index is 2.45. The average Bonchev–Trinajstić information content (AvgIpc) is 2.18. The van der Waals surface area contributed by atoms with Gasteiger partial charge < -0.3 is 9.47 Å². The molecule has 0 saturated heterocycles. The molecule has 2 nitrogen and oxygen atoms in total. The molecule has 1 aromatic rings. The van der Waals surface area contributed by atoms with Crippen molar-refractivity contribution in [1.82, 2.24) is 0 Å². The maximum Gasteiger partial charge on any atom is 0.139 e. The van der Waals surface area contributed by atoms with Crippen LogP contribution < -0.4 is 4.74 Å². The highest BCUT2D eigenvalue weighted by atomic mass is 79.9. The molecule has 0 amide bonds. The maximum absolute atomic E-state index is 5.93. The van der Waals surface area contributed by atoms with Crippen LogP contribution in [0.4, 0.5) is 0 Å². The van der Waals surface area contributed by atoms with Gasteiger partial charge in [0.15, 0.2) is 0 Å². The van der Waals surface area contributed by atoms with Crippen LogP contribution in [-0.4, -0.2) is 20.3 Å². The molecule has 0 aliphatic carbocycles. The lowest BCUT2D eigenvalue weighted by Crippen LogP contribution is -2.01. The fraction of sp³-hybridized carbons (Fsp3) is 0.400. The topological polar surface area (TPSA) is 18.5 Å². The summed E-state index contributed by atoms with van der Waals surface area (Å²) in [5, 5.41) is 0.630. The third kappa shape index (κ3) is 3.86. The molecule has 0 N–H and O–H groups in total. The van der Waals surface area contributed by atoms with Gasteiger partial charge in [0.25, 0.3) is 0 Å². The van der Waals surface area contributed by atoms with Crippen molar-refractivity contribution in [2.45, 2.75) is 6.42 Å². The Morgan fingerprint density at radius 3 is 2.86 bits per heavy atom. The van der Waals surface area contributed by atoms with Gasteiger partial charge in [0, 0.05) is 24.6 Å². The zero-order valence-corrected chi connectivity index (χ0v) is 10.3. The smallest absolute Gasteiger partial charge is 0.139 e. The van der Waals surface area contributed by atoms with Crippen LogP contribution in [0.1, 0.15) is 6.42 Å². The molecular formula is C10H12BrClO2. The monoisotopic (exact) mass is 278 g/mol. The van der Waals surface area contributed by atoms with Crippen molar-refractivity contribution in [3.05, 3.63) is 27.7 Å². The number of rotatable bonds is 5. The van der Waals surface area contributed by atoms with Crippen LogP contribution in [0.15, 0.2) is 22.7 Å². The van der Waals surface area contributed by atoms with Gasteiger partial charge in [-0.05, 0) is 18.2 Å². The van der Waals surface area contributed by atoms with E-state index in [0.29, 0.717) is 24.0 Å². The zero-order chi connectivity index (χ0) is 10.4. The first-order valence-corrected chi connectivity index (χ1v) is 5.48. The minimum Gasteiger partial charge on any atom is -0.492 e. The lowest BCUT2D eigenvalue weighted by atomic mass is 10.3. The summed E-state index contributed by atoms with van der Waals surface area (Å²) >= 11 is 9.29. The minimum absolute atomic E-state index is 0.615. The fourth-order valence-electron chi connectivity index (χ4n) is 0.973. The van der Waals surface area contributed by atoms with Gasteiger partial charge in [0.2, 0.25) is 0 Å². The first kappa shape index (κ1) is 11.8. The number of hydrogen-bond donors (Lipinski definition) is 0. The summed E-state index contributed by atoms with van der Waals surface area (Å²) in [5.41, 5.74) is 0. The van der Waals surface area contributed by atoms with Crippen LogP contribution in [0.2, 0.25) is 5.02 Å². The number of benzene rings is 1. The molecule has 0 aliphatic rings. The van der Waals surface area contributed by atoms with E-state index < -0.39 is 0 Å². The largest absolute Gasteiger partial charge is 0.492 e. The summed E-state index contributed by atoms with van der Waals surface area (Å²) in [7, 11) is 1.67. The lowest BCUT2D eigenvalue weighted by Gasteiger charge is -2.07. The van der Waals surface area contributed by atoms with Crippen LogP contribution in [0, 0.1) is 0 Å². The SMILES string of the molecule is COCCCOc1cc(Br)ccc1Cl. The molecular weight excluding hydrogens is 267 g/mol. The second-order valence-corrected chi connectivity index (χ2v) is 4.09. The molecule has 14 heavy (non-hydrogen) atoms. The van der Waals surface area contributed by atoms with Crippen LogP contribution in [0.3, 0.4) is 0 Å². The Kier molecular flexibility index (Phi) is 5.30. The van der Waals surface area contributed by atoms with Crippen LogP contribution in [-0.2, 0) is 4.74 Å². The average molecular weight is 280 g/mol. The van der Waals surface area contributed by atoms with E-state index in [0.717, 1.165) is 10.9 Å². The molecule has 0 bridgehead atoms. The summed E-state index contributed by atoms with van der Waals surface area (Å²) in [6, 6.07) is 5.54. The Morgan fingerprint density at radius 1 is 1.36 bits per heavy atom. The van der Waals surface area contributed by atoms with E-state index in [1.54, 1.807) is 13.2 Å². The molecule has 0 fully saturated rings. The number of hydrogen-bond acceptors (Lipinski definition) is 2. The molecule has 0 saturated carbocycles. The quantitative estimate of drug-likeness (QED) is 0.768. The molecule has 0 aliphatic heterocycles. The molecule has 1 rings (SSSR count). The van der Waals surface area contributed by atoms with Crippen LogP contribution in [0.25, 0.3) is 0 Å². The summed E-state index contributed by atoms with van der Waals surface area (Å²) in [6.07, 6.45) is 0.860. The maximum atomic E-state index is 5.93. The van der Waals surface area contributed by atoms with Crippen LogP contribution >= 0.6 is 27.5 Å². The second kappa shape index (κ2) is 6.27. The normalized spacial score (nSPS) is 10.2. The highest BCUT2D eigenvalue weighted by molar-refractivity contribution is 9.10. The summed E-state index contributed by atoms with van der Waals surface area (Å²) in [4.78, 5) is 0. The van der Waals surface area contributed by atoms with Crippen molar-refractivity contribution in [2.75, 3.05) is 20.3 Å². The third-order valence-electron chi connectivity index (χ3n) is 1.64. The summed E-state index contributed by atoms with van der Waals surface area (Å²) < 4.78 is 11.4. The predicted octanol–water partition coefficient (Wildman–Crippen LogP) is 3.52. The van der Waals surface area contributed by atoms with E-state index in [1.807, 2.05) is 12.1 Å². The second-order valence-electron chi connectivity index (χ2n) is 2.77. The summed E-state index contributed by atoms with van der Waals surface area (Å²) in [6.45, 7) is 1.32. The number of halogens is 2. The van der Waals surface area contributed by atoms with E-state index in [9.17, 15) is 0 Å². The molecule has 0 atom stereocenters. The molecule has 0 unspecified atom stereocenters. The molecule has 0 heterocycles. The molecule has 0 spiro atoms. The van der Waals surface area contributed by atoms with Gasteiger partial charge in [-0.2, -0.15) is 0 Å². The lowest BCUT2D eigenvalue weighted by molar-refractivity contribution is 0.172. The van der Waals surface area contributed by atoms with Crippen molar-refractivity contribution in [2.24, 2.45) is 0 Å². The molecule has 1 aromatic carbocycles. The number of methoxy groups -OCH3 is 1. The van der Waals surface area contributed by atoms with E-state index in [4.69, 9.17) is 21.1 Å². The van der Waals surface area contributed by atoms with E-state index >= 15 is 0 Å². The van der Waals surface area contributed by atoms with Gasteiger partial charge in [-0.3, -0.25) is 0 Å². The molecule has 0 radical (unpaired) electrons. The summed E-state index contributed by atoms with van der Waals surface area (Å²) in [5.74, 6) is 0.706. The number of ether oxygens (including phenoxy) is 2. The molecule has 0 aromatic heterocycles. The zero-order valence-electron chi connectivity index (χ0n) is 7.93. The van der Waals surface area contributed by atoms with E-state index in [1.165, 1.54) is 0 Å². The third-order valence-corrected chi connectivity index (χ3v) is 2.45. The van der Waals surface area contributed by atoms with Crippen molar-refractivity contribution in [3.63, 3.8) is 0 Å². The van der Waals surface area contributed by atoms with E-state index in [-0.39, 0.29) is 0 Å². The minimum atomic E-state index is 0.615. The van der Waals surface area contributed by atoms with E-state index in [2.05, 4.69) is 15.9 Å². The van der Waals surface area contributed by atoms with Gasteiger partial charge in [-0.1, -0.05) is 27.5 Å². The molecule has 4 heteroatoms. The van der Waals surface area contributed by atoms with Crippen molar-refractivity contribution >= 4 is 27.5 Å². The Labute approximate surface area is 97.3 Å². The Hall–Kier alpha value is -0.250. The van der Waals surface area contributed by atoms with Crippen molar-refractivity contribution < 1.29 is 9.47 Å². The predicted molar refractivity (Wildman–Crippen MR) is 61.1 cm³/mol.